The molecule has 2 aromatic rings. The molecule has 0 aliphatic carbocycles. The molecule has 24 heavy (non-hydrogen) atoms. The maximum absolute atomic E-state index is 13.2. The van der Waals surface area contributed by atoms with Gasteiger partial charge in [0.2, 0.25) is 0 Å². The maximum Gasteiger partial charge on any atom is 0.420 e. The number of hydrogen-bond acceptors (Lipinski definition) is 4. The summed E-state index contributed by atoms with van der Waals surface area (Å²) in [5.74, 6) is -0.357. The van der Waals surface area contributed by atoms with E-state index >= 15 is 0 Å². The summed E-state index contributed by atoms with van der Waals surface area (Å²) in [4.78, 5) is 17.7. The minimum Gasteiger partial charge on any atom is -0.457 e. The first-order valence-corrected chi connectivity index (χ1v) is 8.38. The summed E-state index contributed by atoms with van der Waals surface area (Å²) in [7, 11) is -4.41. The molecule has 10 heteroatoms. The van der Waals surface area contributed by atoms with Crippen LogP contribution >= 0.6 is 7.60 Å². The molecule has 0 saturated carbocycles. The van der Waals surface area contributed by atoms with Crippen LogP contribution in [0.3, 0.4) is 0 Å². The van der Waals surface area contributed by atoms with E-state index in [-0.39, 0.29) is 17.1 Å². The second kappa shape index (κ2) is 6.72. The quantitative estimate of drug-likeness (QED) is 0.478. The van der Waals surface area contributed by atoms with Crippen molar-refractivity contribution < 1.29 is 32.3 Å². The molecule has 5 N–H and O–H groups in total. The lowest BCUT2D eigenvalue weighted by Gasteiger charge is -2.18. The molecule has 2 aromatic carbocycles. The molecule has 0 radical (unpaired) electrons. The highest BCUT2D eigenvalue weighted by molar-refractivity contribution is 7.51. The molecule has 0 aliphatic rings. The highest BCUT2D eigenvalue weighted by Crippen LogP contribution is 2.43. The van der Waals surface area contributed by atoms with Gasteiger partial charge in [-0.1, -0.05) is 18.2 Å². The van der Waals surface area contributed by atoms with Gasteiger partial charge in [-0.2, -0.15) is 13.2 Å². The van der Waals surface area contributed by atoms with Crippen molar-refractivity contribution in [1.82, 2.24) is 0 Å². The van der Waals surface area contributed by atoms with Crippen LogP contribution in [0.4, 0.5) is 24.5 Å². The van der Waals surface area contributed by atoms with Crippen molar-refractivity contribution in [2.24, 2.45) is 0 Å². The van der Waals surface area contributed by atoms with Gasteiger partial charge in [0, 0.05) is 6.07 Å². The van der Waals surface area contributed by atoms with Crippen LogP contribution in [0.25, 0.3) is 0 Å². The number of nitrogens with two attached hydrogens (primary N) is 1. The van der Waals surface area contributed by atoms with Gasteiger partial charge in [-0.05, 0) is 18.2 Å². The molecule has 0 aliphatic heterocycles. The molecule has 0 bridgehead atoms. The fraction of sp³-hybridized carbons (Fsp3) is 0.143. The molecular formula is C14H14F3N2O4P. The van der Waals surface area contributed by atoms with Gasteiger partial charge in [0.05, 0.1) is 11.4 Å². The van der Waals surface area contributed by atoms with Crippen molar-refractivity contribution in [1.29, 1.82) is 0 Å². The van der Waals surface area contributed by atoms with Crippen LogP contribution in [0.15, 0.2) is 42.5 Å². The topological polar surface area (TPSA) is 105 Å². The van der Waals surface area contributed by atoms with Crippen molar-refractivity contribution in [2.45, 2.75) is 6.18 Å². The first-order valence-electron chi connectivity index (χ1n) is 6.58. The Morgan fingerprint density at radius 1 is 1.17 bits per heavy atom. The van der Waals surface area contributed by atoms with E-state index in [0.29, 0.717) is 6.07 Å². The molecule has 0 atom stereocenters. The van der Waals surface area contributed by atoms with E-state index in [4.69, 9.17) is 20.3 Å². The molecule has 0 spiro atoms. The third-order valence-electron chi connectivity index (χ3n) is 2.90. The molecule has 0 unspecified atom stereocenters. The van der Waals surface area contributed by atoms with Gasteiger partial charge in [-0.15, -0.1) is 0 Å². The van der Waals surface area contributed by atoms with E-state index in [1.165, 1.54) is 12.1 Å². The monoisotopic (exact) mass is 362 g/mol. The third-order valence-corrected chi connectivity index (χ3v) is 3.47. The number of anilines is 2. The number of hydrogen-bond donors (Lipinski definition) is 4. The number of nitrogen functional groups attached to an aromatic ring is 1. The standard InChI is InChI=1S/C14H14F3N2O4P/c15-14(16,17)10-6-11(18)12(19-8-24(20,21)22)7-13(10)23-9-4-2-1-3-5-9/h1-7,19H,8,18H2,(H2,20,21,22). The normalized spacial score (nSPS) is 12.0. The van der Waals surface area contributed by atoms with Crippen LogP contribution in [0, 0.1) is 0 Å². The van der Waals surface area contributed by atoms with Crippen molar-refractivity contribution in [3.8, 4) is 11.5 Å². The smallest absolute Gasteiger partial charge is 0.420 e. The summed E-state index contributed by atoms with van der Waals surface area (Å²) in [6.07, 6.45) is -5.48. The number of halogens is 3. The number of nitrogens with one attached hydrogen (secondary N) is 1. The summed E-state index contributed by atoms with van der Waals surface area (Å²) in [6.45, 7) is 0. The summed E-state index contributed by atoms with van der Waals surface area (Å²) in [6, 6.07) is 9.41. The van der Waals surface area contributed by atoms with Crippen molar-refractivity contribution in [3.63, 3.8) is 0 Å². The molecule has 0 aromatic heterocycles. The van der Waals surface area contributed by atoms with Gasteiger partial charge >= 0.3 is 13.8 Å². The predicted octanol–water partition coefficient (Wildman–Crippen LogP) is 3.63. The van der Waals surface area contributed by atoms with Gasteiger partial charge in [-0.3, -0.25) is 4.57 Å². The van der Waals surface area contributed by atoms with Gasteiger partial charge in [0.25, 0.3) is 0 Å². The lowest BCUT2D eigenvalue weighted by Crippen LogP contribution is -2.11. The second-order valence-electron chi connectivity index (χ2n) is 4.85. The Bertz CT molecular complexity index is 763. The number of ether oxygens (including phenoxy) is 1. The third kappa shape index (κ3) is 4.89. The molecule has 0 fully saturated rings. The van der Waals surface area contributed by atoms with Gasteiger partial charge < -0.3 is 25.6 Å². The van der Waals surface area contributed by atoms with E-state index in [1.807, 2.05) is 0 Å². The van der Waals surface area contributed by atoms with Crippen molar-refractivity contribution >= 4 is 19.0 Å². The summed E-state index contributed by atoms with van der Waals surface area (Å²) in [5, 5.41) is 2.32. The Hall–Kier alpha value is -2.22. The predicted molar refractivity (Wildman–Crippen MR) is 82.9 cm³/mol. The molecular weight excluding hydrogens is 348 g/mol. The summed E-state index contributed by atoms with van der Waals surface area (Å²) >= 11 is 0. The SMILES string of the molecule is Nc1cc(C(F)(F)F)c(Oc2ccccc2)cc1NCP(=O)(O)O. The van der Waals surface area contributed by atoms with Crippen LogP contribution in [0.2, 0.25) is 0 Å². The zero-order valence-corrected chi connectivity index (χ0v) is 13.0. The Balaban J connectivity index is 2.42. The average molecular weight is 362 g/mol. The highest BCUT2D eigenvalue weighted by atomic mass is 31.2. The minimum atomic E-state index is -4.71. The fourth-order valence-corrected chi connectivity index (χ4v) is 2.24. The molecule has 130 valence electrons. The van der Waals surface area contributed by atoms with E-state index in [1.54, 1.807) is 18.2 Å². The van der Waals surface area contributed by atoms with E-state index < -0.39 is 31.4 Å². The number of rotatable bonds is 5. The van der Waals surface area contributed by atoms with Gasteiger partial charge in [-0.25, -0.2) is 0 Å². The average Bonchev–Trinajstić information content (AvgIpc) is 2.46. The van der Waals surface area contributed by atoms with Crippen LogP contribution in [0.1, 0.15) is 5.56 Å². The van der Waals surface area contributed by atoms with E-state index in [0.717, 1.165) is 6.07 Å². The number of para-hydroxylation sites is 1. The first kappa shape index (κ1) is 18.1. The maximum atomic E-state index is 13.2. The molecule has 0 heterocycles. The van der Waals surface area contributed by atoms with Gasteiger partial charge in [0.1, 0.15) is 23.3 Å². The second-order valence-corrected chi connectivity index (χ2v) is 6.49. The molecule has 2 rings (SSSR count). The lowest BCUT2D eigenvalue weighted by molar-refractivity contribution is -0.138. The number of benzene rings is 2. The Morgan fingerprint density at radius 3 is 2.33 bits per heavy atom. The van der Waals surface area contributed by atoms with Crippen LogP contribution < -0.4 is 15.8 Å². The zero-order chi connectivity index (χ0) is 18.0. The van der Waals surface area contributed by atoms with Crippen molar-refractivity contribution in [2.75, 3.05) is 17.3 Å². The molecule has 0 saturated heterocycles. The fourth-order valence-electron chi connectivity index (χ4n) is 1.86. The summed E-state index contributed by atoms with van der Waals surface area (Å²) in [5.41, 5.74) is 4.07. The number of alkyl halides is 3. The zero-order valence-electron chi connectivity index (χ0n) is 12.1. The minimum absolute atomic E-state index is 0.0720. The van der Waals surface area contributed by atoms with Crippen molar-refractivity contribution in [3.05, 3.63) is 48.0 Å². The largest absolute Gasteiger partial charge is 0.457 e. The van der Waals surface area contributed by atoms with E-state index in [2.05, 4.69) is 5.32 Å². The molecule has 0 amide bonds. The Morgan fingerprint density at radius 2 is 1.79 bits per heavy atom. The van der Waals surface area contributed by atoms with Crippen LogP contribution in [0.5, 0.6) is 11.5 Å². The van der Waals surface area contributed by atoms with Crippen LogP contribution in [-0.4, -0.2) is 16.1 Å². The molecule has 6 nitrogen and oxygen atoms in total. The Kier molecular flexibility index (Phi) is 5.08. The van der Waals surface area contributed by atoms with E-state index in [9.17, 15) is 17.7 Å². The summed E-state index contributed by atoms with van der Waals surface area (Å²) < 4.78 is 55.6. The van der Waals surface area contributed by atoms with Crippen LogP contribution in [-0.2, 0) is 10.7 Å². The Labute approximate surface area is 135 Å². The van der Waals surface area contributed by atoms with Gasteiger partial charge in [0.15, 0.2) is 0 Å². The first-order chi connectivity index (χ1) is 11.1. The lowest BCUT2D eigenvalue weighted by atomic mass is 10.1. The highest BCUT2D eigenvalue weighted by Gasteiger charge is 2.35.